The van der Waals surface area contributed by atoms with Crippen molar-refractivity contribution in [3.05, 3.63) is 35.9 Å². The summed E-state index contributed by atoms with van der Waals surface area (Å²) in [5.41, 5.74) is 1.01. The molecule has 0 radical (unpaired) electrons. The zero-order chi connectivity index (χ0) is 15.7. The molecule has 0 fully saturated rings. The normalized spacial score (nSPS) is 13.3. The summed E-state index contributed by atoms with van der Waals surface area (Å²) < 4.78 is 10.3. The van der Waals surface area contributed by atoms with Gasteiger partial charge in [0.05, 0.1) is 13.7 Å². The van der Waals surface area contributed by atoms with Crippen LogP contribution in [0.4, 0.5) is 0 Å². The van der Waals surface area contributed by atoms with E-state index in [2.05, 4.69) is 5.32 Å². The first-order valence-electron chi connectivity index (χ1n) is 7.20. The van der Waals surface area contributed by atoms with Crippen LogP contribution in [0.2, 0.25) is 0 Å². The van der Waals surface area contributed by atoms with Crippen LogP contribution in [-0.2, 0) is 20.7 Å². The van der Waals surface area contributed by atoms with E-state index in [1.54, 1.807) is 0 Å². The van der Waals surface area contributed by atoms with Crippen molar-refractivity contribution in [3.63, 3.8) is 0 Å². The molecule has 22 heavy (non-hydrogen) atoms. The lowest BCUT2D eigenvalue weighted by Gasteiger charge is -2.19. The summed E-state index contributed by atoms with van der Waals surface area (Å²) in [6, 6.07) is 9.83. The predicted molar refractivity (Wildman–Crippen MR) is 88.0 cm³/mol. The minimum Gasteiger partial charge on any atom is -0.467 e. The van der Waals surface area contributed by atoms with Crippen LogP contribution in [0.15, 0.2) is 30.3 Å². The fourth-order valence-electron chi connectivity index (χ4n) is 1.96. The van der Waals surface area contributed by atoms with E-state index < -0.39 is 18.3 Å². The van der Waals surface area contributed by atoms with Gasteiger partial charge >= 0.3 is 5.97 Å². The smallest absolute Gasteiger partial charge is 0.335 e. The largest absolute Gasteiger partial charge is 0.467 e. The second kappa shape index (κ2) is 11.4. The molecule has 0 aliphatic heterocycles. The predicted octanol–water partition coefficient (Wildman–Crippen LogP) is 1.92. The highest BCUT2D eigenvalue weighted by Gasteiger charge is 2.20. The molecule has 0 aliphatic carbocycles. The van der Waals surface area contributed by atoms with E-state index in [4.69, 9.17) is 9.47 Å². The Balaban J connectivity index is 0.00000441. The van der Waals surface area contributed by atoms with Crippen LogP contribution >= 0.6 is 12.4 Å². The Bertz CT molecular complexity index is 414. The Kier molecular flexibility index (Phi) is 10.8. The third kappa shape index (κ3) is 8.34. The first-order chi connectivity index (χ1) is 10.0. The molecule has 2 atom stereocenters. The molecule has 0 aliphatic rings. The van der Waals surface area contributed by atoms with Crippen molar-refractivity contribution in [1.82, 2.24) is 5.32 Å². The molecule has 0 bridgehead atoms. The summed E-state index contributed by atoms with van der Waals surface area (Å²) in [6.45, 7) is 4.20. The van der Waals surface area contributed by atoms with Crippen LogP contribution in [0.5, 0.6) is 0 Å². The van der Waals surface area contributed by atoms with Crippen LogP contribution in [0.3, 0.4) is 0 Å². The summed E-state index contributed by atoms with van der Waals surface area (Å²) in [5, 5.41) is 12.7. The van der Waals surface area contributed by atoms with Crippen LogP contribution < -0.4 is 5.32 Å². The van der Waals surface area contributed by atoms with Gasteiger partial charge in [-0.15, -0.1) is 12.4 Å². The maximum Gasteiger partial charge on any atom is 0.335 e. The number of halogens is 1. The molecular formula is C16H26ClNO4. The number of hydrogen-bond acceptors (Lipinski definition) is 5. The molecule has 1 aromatic rings. The second-order valence-electron chi connectivity index (χ2n) is 5.20. The number of nitrogens with one attached hydrogen (secondary N) is 1. The molecule has 6 heteroatoms. The standard InChI is InChI=1S/C16H25NO4.ClH/c1-12(2)17-15(18)9-10-21-14(16(19)20-3)11-13-7-5-4-6-8-13;/h4-8,12,14-15,17-18H,9-11H2,1-3H3;1H. The number of hydrogen-bond donors (Lipinski definition) is 2. The number of benzene rings is 1. The van der Waals surface area contributed by atoms with Gasteiger partial charge in [0.15, 0.2) is 6.10 Å². The van der Waals surface area contributed by atoms with Crippen molar-refractivity contribution >= 4 is 18.4 Å². The SMILES string of the molecule is COC(=O)C(Cc1ccccc1)OCCC(O)NC(C)C.Cl. The topological polar surface area (TPSA) is 67.8 Å². The molecular weight excluding hydrogens is 306 g/mol. The minimum absolute atomic E-state index is 0. The van der Waals surface area contributed by atoms with E-state index in [-0.39, 0.29) is 25.1 Å². The van der Waals surface area contributed by atoms with Crippen molar-refractivity contribution < 1.29 is 19.4 Å². The summed E-state index contributed by atoms with van der Waals surface area (Å²) in [5.74, 6) is -0.398. The van der Waals surface area contributed by atoms with Gasteiger partial charge in [-0.05, 0) is 19.4 Å². The fourth-order valence-corrected chi connectivity index (χ4v) is 1.96. The number of carbonyl (C=O) groups is 1. The minimum atomic E-state index is -0.649. The van der Waals surface area contributed by atoms with Crippen molar-refractivity contribution in [2.45, 2.75) is 45.1 Å². The Morgan fingerprint density at radius 3 is 2.45 bits per heavy atom. The number of esters is 1. The number of ether oxygens (including phenoxy) is 2. The first-order valence-corrected chi connectivity index (χ1v) is 7.20. The Morgan fingerprint density at radius 2 is 1.91 bits per heavy atom. The third-order valence-corrected chi connectivity index (χ3v) is 2.96. The highest BCUT2D eigenvalue weighted by Crippen LogP contribution is 2.08. The number of carbonyl (C=O) groups excluding carboxylic acids is 1. The van der Waals surface area contributed by atoms with Gasteiger partial charge in [0, 0.05) is 18.9 Å². The van der Waals surface area contributed by atoms with Gasteiger partial charge in [0.25, 0.3) is 0 Å². The average Bonchev–Trinajstić information content (AvgIpc) is 2.45. The lowest BCUT2D eigenvalue weighted by atomic mass is 10.1. The van der Waals surface area contributed by atoms with E-state index in [0.29, 0.717) is 12.8 Å². The lowest BCUT2D eigenvalue weighted by Crippen LogP contribution is -2.36. The molecule has 2 N–H and O–H groups in total. The highest BCUT2D eigenvalue weighted by atomic mass is 35.5. The molecule has 0 amide bonds. The zero-order valence-electron chi connectivity index (χ0n) is 13.3. The summed E-state index contributed by atoms with van der Waals surface area (Å²) in [7, 11) is 1.35. The summed E-state index contributed by atoms with van der Waals surface area (Å²) >= 11 is 0. The van der Waals surface area contributed by atoms with Crippen LogP contribution in [0, 0.1) is 0 Å². The Labute approximate surface area is 138 Å². The van der Waals surface area contributed by atoms with Crippen molar-refractivity contribution in [2.75, 3.05) is 13.7 Å². The van der Waals surface area contributed by atoms with Crippen LogP contribution in [0.25, 0.3) is 0 Å². The molecule has 0 aromatic heterocycles. The maximum absolute atomic E-state index is 11.7. The average molecular weight is 332 g/mol. The number of aliphatic hydroxyl groups is 1. The summed E-state index contributed by atoms with van der Waals surface area (Å²) in [6.07, 6.45) is -0.412. The molecule has 1 rings (SSSR count). The summed E-state index contributed by atoms with van der Waals surface area (Å²) in [4.78, 5) is 11.7. The second-order valence-corrected chi connectivity index (χ2v) is 5.20. The van der Waals surface area contributed by atoms with Crippen molar-refractivity contribution in [2.24, 2.45) is 0 Å². The number of aliphatic hydroxyl groups excluding tert-OH is 1. The van der Waals surface area contributed by atoms with Gasteiger partial charge in [0.1, 0.15) is 6.23 Å². The van der Waals surface area contributed by atoms with Gasteiger partial charge in [-0.3, -0.25) is 5.32 Å². The molecule has 1 aromatic carbocycles. The number of methoxy groups -OCH3 is 1. The fraction of sp³-hybridized carbons (Fsp3) is 0.562. The van der Waals surface area contributed by atoms with E-state index in [0.717, 1.165) is 5.56 Å². The lowest BCUT2D eigenvalue weighted by molar-refractivity contribution is -0.154. The van der Waals surface area contributed by atoms with Gasteiger partial charge in [0.2, 0.25) is 0 Å². The first kappa shape index (κ1) is 20.9. The molecule has 5 nitrogen and oxygen atoms in total. The van der Waals surface area contributed by atoms with E-state index >= 15 is 0 Å². The van der Waals surface area contributed by atoms with E-state index in [1.807, 2.05) is 44.2 Å². The molecule has 2 unspecified atom stereocenters. The van der Waals surface area contributed by atoms with Crippen molar-refractivity contribution in [1.29, 1.82) is 0 Å². The van der Waals surface area contributed by atoms with Gasteiger partial charge in [-0.2, -0.15) is 0 Å². The molecule has 126 valence electrons. The van der Waals surface area contributed by atoms with Crippen LogP contribution in [0.1, 0.15) is 25.8 Å². The number of rotatable bonds is 9. The monoisotopic (exact) mass is 331 g/mol. The molecule has 0 spiro atoms. The molecule has 0 saturated carbocycles. The zero-order valence-corrected chi connectivity index (χ0v) is 14.1. The highest BCUT2D eigenvalue weighted by molar-refractivity contribution is 5.85. The quantitative estimate of drug-likeness (QED) is 0.534. The van der Waals surface area contributed by atoms with Crippen LogP contribution in [-0.4, -0.2) is 43.2 Å². The Hall–Kier alpha value is -1.14. The van der Waals surface area contributed by atoms with Gasteiger partial charge < -0.3 is 14.6 Å². The van der Waals surface area contributed by atoms with E-state index in [9.17, 15) is 9.90 Å². The Morgan fingerprint density at radius 1 is 1.27 bits per heavy atom. The molecule has 0 saturated heterocycles. The van der Waals surface area contributed by atoms with Gasteiger partial charge in [-0.25, -0.2) is 4.79 Å². The maximum atomic E-state index is 11.7. The molecule has 0 heterocycles. The van der Waals surface area contributed by atoms with Crippen molar-refractivity contribution in [3.8, 4) is 0 Å². The van der Waals surface area contributed by atoms with E-state index in [1.165, 1.54) is 7.11 Å². The third-order valence-electron chi connectivity index (χ3n) is 2.96. The van der Waals surface area contributed by atoms with Gasteiger partial charge in [-0.1, -0.05) is 30.3 Å².